The fourth-order valence-corrected chi connectivity index (χ4v) is 6.75. The Hall–Kier alpha value is -1.81. The van der Waals surface area contributed by atoms with Gasteiger partial charge in [0.2, 0.25) is 6.29 Å². The van der Waals surface area contributed by atoms with Crippen molar-refractivity contribution in [2.45, 2.75) is 120 Å². The van der Waals surface area contributed by atoms with Gasteiger partial charge in [-0.1, -0.05) is 48.3 Å². The minimum absolute atomic E-state index is 0.250. The number of nitrogens with zero attached hydrogens (tertiary/aromatic N) is 1. The molecule has 4 aliphatic heterocycles. The average Bonchev–Trinajstić information content (AvgIpc) is 3.58. The fourth-order valence-electron chi connectivity index (χ4n) is 6.75. The molecule has 5 fully saturated rings. The maximum absolute atomic E-state index is 6.64. The Morgan fingerprint density at radius 2 is 1.57 bits per heavy atom. The molecule has 8 heteroatoms. The molecule has 2 aliphatic carbocycles. The van der Waals surface area contributed by atoms with Gasteiger partial charge in [0.15, 0.2) is 17.9 Å². The Labute approximate surface area is 218 Å². The zero-order chi connectivity index (χ0) is 24.9. The third kappa shape index (κ3) is 4.56. The van der Waals surface area contributed by atoms with Crippen LogP contribution in [0.5, 0.6) is 0 Å². The molecule has 7 rings (SSSR count). The smallest absolute Gasteiger partial charge is 0.249 e. The number of hydrogen-bond acceptors (Lipinski definition) is 8. The zero-order valence-corrected chi connectivity index (χ0v) is 21.5. The quantitative estimate of drug-likeness (QED) is 0.566. The lowest BCUT2D eigenvalue weighted by Crippen LogP contribution is -2.47. The van der Waals surface area contributed by atoms with Gasteiger partial charge in [-0.15, -0.1) is 0 Å². The van der Waals surface area contributed by atoms with E-state index in [1.54, 1.807) is 0 Å². The Morgan fingerprint density at radius 1 is 0.838 bits per heavy atom. The maximum atomic E-state index is 6.64. The molecule has 0 unspecified atom stereocenters. The van der Waals surface area contributed by atoms with Crippen LogP contribution >= 0.6 is 0 Å². The summed E-state index contributed by atoms with van der Waals surface area (Å²) in [6.45, 7) is 2.48. The van der Waals surface area contributed by atoms with Crippen LogP contribution in [-0.2, 0) is 33.3 Å². The molecule has 4 heterocycles. The van der Waals surface area contributed by atoms with E-state index < -0.39 is 30.3 Å². The van der Waals surface area contributed by atoms with E-state index in [0.717, 1.165) is 68.2 Å². The molecule has 0 aromatic heterocycles. The molecule has 2 spiro atoms. The van der Waals surface area contributed by atoms with Crippen molar-refractivity contribution < 1.29 is 33.3 Å². The Bertz CT molecular complexity index is 1030. The molecule has 0 amide bonds. The third-order valence-corrected chi connectivity index (χ3v) is 8.70. The maximum Gasteiger partial charge on any atom is 0.249 e. The second-order valence-electron chi connectivity index (χ2n) is 11.3. The number of ether oxygens (including phenoxy) is 6. The molecule has 0 N–H and O–H groups in total. The zero-order valence-electron chi connectivity index (χ0n) is 21.5. The average molecular weight is 512 g/mol. The third-order valence-electron chi connectivity index (χ3n) is 8.70. The summed E-state index contributed by atoms with van der Waals surface area (Å²) >= 11 is 0. The van der Waals surface area contributed by atoms with E-state index in [0.29, 0.717) is 6.61 Å². The van der Waals surface area contributed by atoms with Gasteiger partial charge < -0.3 is 33.3 Å². The van der Waals surface area contributed by atoms with Crippen LogP contribution in [-0.4, -0.2) is 60.9 Å². The van der Waals surface area contributed by atoms with Gasteiger partial charge in [-0.3, -0.25) is 0 Å². The molecule has 8 nitrogen and oxygen atoms in total. The van der Waals surface area contributed by atoms with E-state index in [4.69, 9.17) is 33.3 Å². The Morgan fingerprint density at radius 3 is 2.30 bits per heavy atom. The number of fused-ring (bicyclic) bond motifs is 1. The van der Waals surface area contributed by atoms with Crippen LogP contribution in [0.2, 0.25) is 0 Å². The minimum Gasteiger partial charge on any atom is -0.358 e. The van der Waals surface area contributed by atoms with Gasteiger partial charge in [0.1, 0.15) is 30.1 Å². The summed E-state index contributed by atoms with van der Waals surface area (Å²) in [4.78, 5) is 5.90. The molecule has 6 atom stereocenters. The summed E-state index contributed by atoms with van der Waals surface area (Å²) in [6.07, 6.45) is 9.99. The van der Waals surface area contributed by atoms with Crippen molar-refractivity contribution in [3.05, 3.63) is 47.5 Å². The van der Waals surface area contributed by atoms with E-state index in [1.807, 2.05) is 43.3 Å². The van der Waals surface area contributed by atoms with Crippen LogP contribution in [0.15, 0.2) is 47.1 Å². The Balaban J connectivity index is 1.11. The first-order valence-electron chi connectivity index (χ1n) is 14.1. The lowest BCUT2D eigenvalue weighted by molar-refractivity contribution is -0.272. The molecular weight excluding hydrogens is 474 g/mol. The van der Waals surface area contributed by atoms with Gasteiger partial charge >= 0.3 is 0 Å². The summed E-state index contributed by atoms with van der Waals surface area (Å²) in [6, 6.07) is 10.0. The molecular formula is C29H37NO7. The molecule has 0 bridgehead atoms. The van der Waals surface area contributed by atoms with Crippen molar-refractivity contribution in [3.63, 3.8) is 0 Å². The number of oxime groups is 1. The number of hydrogen-bond donors (Lipinski definition) is 0. The summed E-state index contributed by atoms with van der Waals surface area (Å²) < 4.78 is 39.1. The van der Waals surface area contributed by atoms with E-state index in [2.05, 4.69) is 5.16 Å². The molecule has 200 valence electrons. The van der Waals surface area contributed by atoms with Gasteiger partial charge in [0.25, 0.3) is 0 Å². The molecule has 37 heavy (non-hydrogen) atoms. The molecule has 1 aromatic rings. The van der Waals surface area contributed by atoms with Crippen LogP contribution < -0.4 is 0 Å². The second kappa shape index (κ2) is 9.74. The summed E-state index contributed by atoms with van der Waals surface area (Å²) in [5.41, 5.74) is 2.72. The first kappa shape index (κ1) is 24.2. The van der Waals surface area contributed by atoms with Gasteiger partial charge in [0, 0.05) is 31.2 Å². The van der Waals surface area contributed by atoms with E-state index >= 15 is 0 Å². The van der Waals surface area contributed by atoms with E-state index in [-0.39, 0.29) is 18.3 Å². The van der Waals surface area contributed by atoms with Crippen LogP contribution in [0.1, 0.15) is 76.7 Å². The SMILES string of the molecule is CC1=CC(c2ccccc2)=NO[C@H]1O[C@@H]1[C@H]2OC3(CCCCC3)O[C@H]2O[C@@H]1[C@H]1COC2(CCCCC2)O1. The number of benzene rings is 1. The Kier molecular flexibility index (Phi) is 6.38. The highest BCUT2D eigenvalue weighted by atomic mass is 16.9. The second-order valence-corrected chi connectivity index (χ2v) is 11.3. The summed E-state index contributed by atoms with van der Waals surface area (Å²) in [5.74, 6) is -1.07. The normalized spacial score (nSPS) is 38.3. The minimum atomic E-state index is -0.639. The molecule has 2 saturated carbocycles. The van der Waals surface area contributed by atoms with Gasteiger partial charge in [-0.05, 0) is 44.3 Å². The van der Waals surface area contributed by atoms with Crippen molar-refractivity contribution in [2.24, 2.45) is 5.16 Å². The van der Waals surface area contributed by atoms with Gasteiger partial charge in [-0.25, -0.2) is 0 Å². The lowest BCUT2D eigenvalue weighted by atomic mass is 9.94. The highest BCUT2D eigenvalue weighted by Crippen LogP contribution is 2.48. The van der Waals surface area contributed by atoms with Crippen molar-refractivity contribution in [1.82, 2.24) is 0 Å². The fraction of sp³-hybridized carbons (Fsp3) is 0.690. The van der Waals surface area contributed by atoms with Gasteiger partial charge in [0.05, 0.1) is 6.61 Å². The highest BCUT2D eigenvalue weighted by molar-refractivity contribution is 6.09. The molecule has 3 saturated heterocycles. The predicted octanol–water partition coefficient (Wildman–Crippen LogP) is 4.96. The monoisotopic (exact) mass is 511 g/mol. The predicted molar refractivity (Wildman–Crippen MR) is 134 cm³/mol. The first-order chi connectivity index (χ1) is 18.1. The van der Waals surface area contributed by atoms with Crippen LogP contribution in [0, 0.1) is 0 Å². The van der Waals surface area contributed by atoms with E-state index in [9.17, 15) is 0 Å². The van der Waals surface area contributed by atoms with E-state index in [1.165, 1.54) is 12.8 Å². The summed E-state index contributed by atoms with van der Waals surface area (Å²) in [7, 11) is 0. The molecule has 6 aliphatic rings. The molecule has 0 radical (unpaired) electrons. The van der Waals surface area contributed by atoms with Gasteiger partial charge in [-0.2, -0.15) is 0 Å². The highest BCUT2D eigenvalue weighted by Gasteiger charge is 2.62. The molecule has 1 aromatic carbocycles. The topological polar surface area (TPSA) is 77.0 Å². The van der Waals surface area contributed by atoms with Crippen molar-refractivity contribution in [1.29, 1.82) is 0 Å². The van der Waals surface area contributed by atoms with Crippen LogP contribution in [0.25, 0.3) is 0 Å². The van der Waals surface area contributed by atoms with Crippen LogP contribution in [0.4, 0.5) is 0 Å². The van der Waals surface area contributed by atoms with Crippen molar-refractivity contribution >= 4 is 5.71 Å². The van der Waals surface area contributed by atoms with Crippen molar-refractivity contribution in [2.75, 3.05) is 6.61 Å². The van der Waals surface area contributed by atoms with Crippen LogP contribution in [0.3, 0.4) is 0 Å². The first-order valence-corrected chi connectivity index (χ1v) is 14.1. The largest absolute Gasteiger partial charge is 0.358 e. The number of allylic oxidation sites excluding steroid dienone is 1. The number of rotatable bonds is 4. The van der Waals surface area contributed by atoms with Crippen molar-refractivity contribution in [3.8, 4) is 0 Å². The summed E-state index contributed by atoms with van der Waals surface area (Å²) in [5, 5.41) is 4.38. The standard InChI is InChI=1S/C29H37NO7/c1-19-17-21(20-11-5-2-6-12-20)30-37-26(19)33-24-23(22-18-31-28(34-22)13-7-3-8-14-28)32-27-25(24)35-29(36-27)15-9-4-10-16-29/h2,5-6,11-12,17,22-27H,3-4,7-10,13-16,18H2,1H3/t22-,23-,24+,25-,26-,27-/m1/s1. The lowest BCUT2D eigenvalue weighted by Gasteiger charge is -2.36.